The molecule has 0 saturated carbocycles. The molecule has 0 saturated heterocycles. The summed E-state index contributed by atoms with van der Waals surface area (Å²) in [4.78, 5) is 12.1. The maximum atomic E-state index is 9.34. The highest BCUT2D eigenvalue weighted by Crippen LogP contribution is 2.23. The molecule has 0 amide bonds. The Morgan fingerprint density at radius 2 is 2.11 bits per heavy atom. The summed E-state index contributed by atoms with van der Waals surface area (Å²) >= 11 is 0. The van der Waals surface area contributed by atoms with Gasteiger partial charge in [-0.25, -0.2) is 4.98 Å². The number of aryl methyl sites for hydroxylation is 1. The van der Waals surface area contributed by atoms with Crippen LogP contribution >= 0.6 is 0 Å². The zero-order chi connectivity index (χ0) is 12.5. The fourth-order valence-corrected chi connectivity index (χ4v) is 1.56. The third-order valence-electron chi connectivity index (χ3n) is 2.44. The van der Waals surface area contributed by atoms with Crippen molar-refractivity contribution in [2.45, 2.75) is 0 Å². The summed E-state index contributed by atoms with van der Waals surface area (Å²) in [5, 5.41) is 13.2. The van der Waals surface area contributed by atoms with Crippen molar-refractivity contribution in [3.63, 3.8) is 0 Å². The van der Waals surface area contributed by atoms with Crippen LogP contribution in [0.3, 0.4) is 0 Å². The van der Waals surface area contributed by atoms with Gasteiger partial charge in [-0.05, 0) is 6.07 Å². The van der Waals surface area contributed by atoms with Gasteiger partial charge in [-0.2, -0.15) is 4.98 Å². The molecule has 1 N–H and O–H groups in total. The van der Waals surface area contributed by atoms with Crippen molar-refractivity contribution in [2.24, 2.45) is 7.05 Å². The minimum atomic E-state index is 0.0489. The van der Waals surface area contributed by atoms with Crippen LogP contribution < -0.4 is 0 Å². The van der Waals surface area contributed by atoms with Crippen LogP contribution in [0.2, 0.25) is 0 Å². The highest BCUT2D eigenvalue weighted by molar-refractivity contribution is 5.57. The van der Waals surface area contributed by atoms with Gasteiger partial charge in [0.25, 0.3) is 5.89 Å². The lowest BCUT2D eigenvalue weighted by molar-refractivity contribution is 0.430. The molecule has 0 bridgehead atoms. The van der Waals surface area contributed by atoms with E-state index in [0.29, 0.717) is 17.3 Å². The smallest absolute Gasteiger partial charge is 0.259 e. The van der Waals surface area contributed by atoms with Gasteiger partial charge >= 0.3 is 0 Å². The van der Waals surface area contributed by atoms with Gasteiger partial charge in [0.1, 0.15) is 11.4 Å². The first-order valence-corrected chi connectivity index (χ1v) is 5.19. The summed E-state index contributed by atoms with van der Waals surface area (Å²) in [6, 6.07) is 1.51. The molecule has 0 aliphatic carbocycles. The molecule has 7 heteroatoms. The Morgan fingerprint density at radius 3 is 2.83 bits per heavy atom. The third kappa shape index (κ3) is 1.71. The second-order valence-corrected chi connectivity index (χ2v) is 3.74. The normalized spacial score (nSPS) is 10.7. The van der Waals surface area contributed by atoms with Crippen LogP contribution in [0.25, 0.3) is 23.0 Å². The van der Waals surface area contributed by atoms with Crippen molar-refractivity contribution >= 4 is 0 Å². The summed E-state index contributed by atoms with van der Waals surface area (Å²) in [7, 11) is 1.84. The second kappa shape index (κ2) is 3.95. The van der Waals surface area contributed by atoms with Gasteiger partial charge in [0.05, 0.1) is 24.3 Å². The Labute approximate surface area is 102 Å². The first-order chi connectivity index (χ1) is 8.74. The lowest BCUT2D eigenvalue weighted by Gasteiger charge is -1.94. The van der Waals surface area contributed by atoms with Gasteiger partial charge in [0, 0.05) is 13.2 Å². The van der Waals surface area contributed by atoms with Gasteiger partial charge < -0.3 is 14.2 Å². The minimum Gasteiger partial charge on any atom is -0.506 e. The zero-order valence-corrected chi connectivity index (χ0v) is 9.48. The van der Waals surface area contributed by atoms with Crippen LogP contribution in [0, 0.1) is 0 Å². The molecule has 3 heterocycles. The van der Waals surface area contributed by atoms with E-state index in [1.165, 1.54) is 12.3 Å². The average molecular weight is 243 g/mol. The number of rotatable bonds is 2. The monoisotopic (exact) mass is 243 g/mol. The fraction of sp³-hybridized carbons (Fsp3) is 0.0909. The van der Waals surface area contributed by atoms with Gasteiger partial charge in [0.15, 0.2) is 0 Å². The molecule has 0 aliphatic heterocycles. The quantitative estimate of drug-likeness (QED) is 0.728. The Bertz CT molecular complexity index is 688. The van der Waals surface area contributed by atoms with Crippen molar-refractivity contribution in [1.82, 2.24) is 24.7 Å². The van der Waals surface area contributed by atoms with E-state index in [-0.39, 0.29) is 5.75 Å². The van der Waals surface area contributed by atoms with Crippen molar-refractivity contribution in [1.29, 1.82) is 0 Å². The van der Waals surface area contributed by atoms with Crippen molar-refractivity contribution in [3.05, 3.63) is 31.0 Å². The van der Waals surface area contributed by atoms with E-state index in [1.54, 1.807) is 23.3 Å². The molecule has 3 aromatic heterocycles. The van der Waals surface area contributed by atoms with Gasteiger partial charge in [-0.1, -0.05) is 5.16 Å². The molecule has 7 nitrogen and oxygen atoms in total. The van der Waals surface area contributed by atoms with Crippen molar-refractivity contribution in [3.8, 4) is 28.7 Å². The molecule has 0 fully saturated rings. The highest BCUT2D eigenvalue weighted by Gasteiger charge is 2.13. The number of hydrogen-bond donors (Lipinski definition) is 1. The first kappa shape index (κ1) is 10.5. The SMILES string of the molecule is Cn1cncc1-c1noc(-c2cncc(O)c2)n1. The standard InChI is InChI=1S/C11H9N5O2/c1-16-6-13-5-9(16)10-14-11(18-15-10)7-2-8(17)4-12-3-7/h2-6,17H,1H3. The molecular weight excluding hydrogens is 234 g/mol. The summed E-state index contributed by atoms with van der Waals surface area (Å²) < 4.78 is 6.92. The largest absolute Gasteiger partial charge is 0.506 e. The first-order valence-electron chi connectivity index (χ1n) is 5.19. The van der Waals surface area contributed by atoms with Gasteiger partial charge in [-0.15, -0.1) is 0 Å². The van der Waals surface area contributed by atoms with Crippen LogP contribution in [0.1, 0.15) is 0 Å². The molecule has 0 atom stereocenters. The fourth-order valence-electron chi connectivity index (χ4n) is 1.56. The Kier molecular flexibility index (Phi) is 2.30. The van der Waals surface area contributed by atoms with E-state index in [9.17, 15) is 5.11 Å². The molecular formula is C11H9N5O2. The number of nitrogens with zero attached hydrogens (tertiary/aromatic N) is 5. The molecule has 0 aromatic carbocycles. The zero-order valence-electron chi connectivity index (χ0n) is 9.48. The number of hydrogen-bond acceptors (Lipinski definition) is 6. The Morgan fingerprint density at radius 1 is 1.22 bits per heavy atom. The molecule has 0 unspecified atom stereocenters. The number of imidazole rings is 1. The van der Waals surface area contributed by atoms with E-state index in [2.05, 4.69) is 20.1 Å². The van der Waals surface area contributed by atoms with E-state index >= 15 is 0 Å². The maximum absolute atomic E-state index is 9.34. The van der Waals surface area contributed by atoms with E-state index in [0.717, 1.165) is 5.69 Å². The van der Waals surface area contributed by atoms with Crippen LogP contribution in [-0.4, -0.2) is 29.8 Å². The molecule has 0 aliphatic rings. The molecule has 0 spiro atoms. The number of aromatic hydroxyl groups is 1. The predicted molar refractivity (Wildman–Crippen MR) is 61.4 cm³/mol. The van der Waals surface area contributed by atoms with Gasteiger partial charge in [0.2, 0.25) is 5.82 Å². The lowest BCUT2D eigenvalue weighted by atomic mass is 10.3. The maximum Gasteiger partial charge on any atom is 0.259 e. The molecule has 18 heavy (non-hydrogen) atoms. The summed E-state index contributed by atoms with van der Waals surface area (Å²) in [5.41, 5.74) is 1.31. The minimum absolute atomic E-state index is 0.0489. The summed E-state index contributed by atoms with van der Waals surface area (Å²) in [6.07, 6.45) is 6.18. The second-order valence-electron chi connectivity index (χ2n) is 3.74. The number of aromatic nitrogens is 5. The average Bonchev–Trinajstić information content (AvgIpc) is 2.97. The molecule has 90 valence electrons. The Hall–Kier alpha value is -2.70. The van der Waals surface area contributed by atoms with Crippen LogP contribution in [0.5, 0.6) is 5.75 Å². The van der Waals surface area contributed by atoms with Crippen LogP contribution in [0.4, 0.5) is 0 Å². The van der Waals surface area contributed by atoms with E-state index in [1.807, 2.05) is 7.05 Å². The highest BCUT2D eigenvalue weighted by atomic mass is 16.5. The number of pyridine rings is 1. The van der Waals surface area contributed by atoms with E-state index in [4.69, 9.17) is 4.52 Å². The van der Waals surface area contributed by atoms with Crippen molar-refractivity contribution < 1.29 is 9.63 Å². The molecule has 3 aromatic rings. The summed E-state index contributed by atoms with van der Waals surface area (Å²) in [5.74, 6) is 0.788. The van der Waals surface area contributed by atoms with Crippen molar-refractivity contribution in [2.75, 3.05) is 0 Å². The van der Waals surface area contributed by atoms with Crippen LogP contribution in [0.15, 0.2) is 35.5 Å². The lowest BCUT2D eigenvalue weighted by Crippen LogP contribution is -1.90. The van der Waals surface area contributed by atoms with Crippen LogP contribution in [-0.2, 0) is 7.05 Å². The summed E-state index contributed by atoms with van der Waals surface area (Å²) in [6.45, 7) is 0. The Balaban J connectivity index is 2.02. The molecule has 0 radical (unpaired) electrons. The van der Waals surface area contributed by atoms with Gasteiger partial charge in [-0.3, -0.25) is 4.98 Å². The molecule has 3 rings (SSSR count). The third-order valence-corrected chi connectivity index (χ3v) is 2.44. The predicted octanol–water partition coefficient (Wildman–Crippen LogP) is 1.24. The topological polar surface area (TPSA) is 89.9 Å². The van der Waals surface area contributed by atoms with E-state index < -0.39 is 0 Å².